The molecule has 3 heterocycles. The van der Waals surface area contributed by atoms with Gasteiger partial charge in [0.1, 0.15) is 5.82 Å². The van der Waals surface area contributed by atoms with E-state index in [2.05, 4.69) is 15.3 Å². The molecule has 0 aromatic carbocycles. The molecule has 126 valence electrons. The highest BCUT2D eigenvalue weighted by atomic mass is 15.1. The predicted molar refractivity (Wildman–Crippen MR) is 99.0 cm³/mol. The lowest BCUT2D eigenvalue weighted by atomic mass is 9.95. The Morgan fingerprint density at radius 2 is 1.68 bits per heavy atom. The van der Waals surface area contributed by atoms with E-state index in [9.17, 15) is 0 Å². The van der Waals surface area contributed by atoms with Gasteiger partial charge in [-0.15, -0.1) is 0 Å². The van der Waals surface area contributed by atoms with Gasteiger partial charge in [-0.05, 0) is 37.1 Å². The Morgan fingerprint density at radius 3 is 2.44 bits per heavy atom. The molecule has 25 heavy (non-hydrogen) atoms. The Hall–Kier alpha value is -2.82. The van der Waals surface area contributed by atoms with Crippen LogP contribution in [0.5, 0.6) is 0 Å². The first-order valence-electron chi connectivity index (χ1n) is 8.85. The van der Waals surface area contributed by atoms with Crippen LogP contribution >= 0.6 is 0 Å². The molecule has 1 saturated carbocycles. The standard InChI is InChI=1S/C20H21N5/c1-2-6-17(7-3-1)23-19-13-18(15-8-11-21-12-9-15)24-20(25-19)16-5-4-10-22-14-16/h4-5,8-14,17H,1-3,6-7H2,(H,23,24,25). The number of pyridine rings is 2. The molecule has 0 bridgehead atoms. The zero-order chi connectivity index (χ0) is 16.9. The summed E-state index contributed by atoms with van der Waals surface area (Å²) in [5.74, 6) is 1.58. The number of rotatable bonds is 4. The van der Waals surface area contributed by atoms with Crippen LogP contribution in [0.1, 0.15) is 32.1 Å². The van der Waals surface area contributed by atoms with Crippen molar-refractivity contribution in [3.8, 4) is 22.6 Å². The van der Waals surface area contributed by atoms with Crippen molar-refractivity contribution in [3.63, 3.8) is 0 Å². The van der Waals surface area contributed by atoms with Gasteiger partial charge in [0.15, 0.2) is 5.82 Å². The third kappa shape index (κ3) is 3.82. The van der Waals surface area contributed by atoms with E-state index in [0.29, 0.717) is 11.9 Å². The van der Waals surface area contributed by atoms with Gasteiger partial charge in [0, 0.05) is 48.0 Å². The number of aromatic nitrogens is 4. The second-order valence-corrected chi connectivity index (χ2v) is 6.42. The van der Waals surface area contributed by atoms with Crippen LogP contribution in [0.2, 0.25) is 0 Å². The predicted octanol–water partition coefficient (Wildman–Crippen LogP) is 4.35. The number of hydrogen-bond donors (Lipinski definition) is 1. The van der Waals surface area contributed by atoms with Gasteiger partial charge in [0.2, 0.25) is 0 Å². The average Bonchev–Trinajstić information content (AvgIpc) is 2.70. The maximum atomic E-state index is 4.75. The summed E-state index contributed by atoms with van der Waals surface area (Å²) in [6, 6.07) is 10.4. The van der Waals surface area contributed by atoms with Crippen molar-refractivity contribution >= 4 is 5.82 Å². The minimum absolute atomic E-state index is 0.496. The highest BCUT2D eigenvalue weighted by Crippen LogP contribution is 2.26. The molecule has 0 unspecified atom stereocenters. The second kappa shape index (κ2) is 7.38. The van der Waals surface area contributed by atoms with Crippen molar-refractivity contribution in [2.75, 3.05) is 5.32 Å². The Labute approximate surface area is 147 Å². The minimum Gasteiger partial charge on any atom is -0.367 e. The molecule has 1 aliphatic carbocycles. The normalized spacial score (nSPS) is 15.0. The van der Waals surface area contributed by atoms with Crippen molar-refractivity contribution in [1.82, 2.24) is 19.9 Å². The first-order valence-corrected chi connectivity index (χ1v) is 8.85. The molecular weight excluding hydrogens is 310 g/mol. The summed E-state index contributed by atoms with van der Waals surface area (Å²) in [6.45, 7) is 0. The highest BCUT2D eigenvalue weighted by Gasteiger charge is 2.15. The van der Waals surface area contributed by atoms with Crippen molar-refractivity contribution in [1.29, 1.82) is 0 Å². The molecule has 1 N–H and O–H groups in total. The first-order chi connectivity index (χ1) is 12.4. The van der Waals surface area contributed by atoms with Gasteiger partial charge in [-0.25, -0.2) is 9.97 Å². The van der Waals surface area contributed by atoms with Crippen LogP contribution in [0.3, 0.4) is 0 Å². The molecule has 5 nitrogen and oxygen atoms in total. The zero-order valence-electron chi connectivity index (χ0n) is 14.1. The highest BCUT2D eigenvalue weighted by molar-refractivity contribution is 5.66. The summed E-state index contributed by atoms with van der Waals surface area (Å²) in [7, 11) is 0. The number of nitrogens with zero attached hydrogens (tertiary/aromatic N) is 4. The van der Waals surface area contributed by atoms with Crippen LogP contribution in [0.25, 0.3) is 22.6 Å². The summed E-state index contributed by atoms with van der Waals surface area (Å²) in [6.07, 6.45) is 13.5. The smallest absolute Gasteiger partial charge is 0.163 e. The van der Waals surface area contributed by atoms with Crippen molar-refractivity contribution < 1.29 is 0 Å². The van der Waals surface area contributed by atoms with Crippen molar-refractivity contribution in [3.05, 3.63) is 55.1 Å². The van der Waals surface area contributed by atoms with E-state index in [1.807, 2.05) is 30.3 Å². The van der Waals surface area contributed by atoms with Gasteiger partial charge in [0.25, 0.3) is 0 Å². The quantitative estimate of drug-likeness (QED) is 0.770. The van der Waals surface area contributed by atoms with Gasteiger partial charge >= 0.3 is 0 Å². The molecule has 0 atom stereocenters. The summed E-state index contributed by atoms with van der Waals surface area (Å²) in [5.41, 5.74) is 2.86. The third-order valence-corrected chi connectivity index (χ3v) is 4.58. The number of anilines is 1. The fraction of sp³-hybridized carbons (Fsp3) is 0.300. The fourth-order valence-electron chi connectivity index (χ4n) is 3.27. The molecule has 0 saturated heterocycles. The van der Waals surface area contributed by atoms with Crippen LogP contribution in [0, 0.1) is 0 Å². The molecule has 1 aliphatic rings. The lowest BCUT2D eigenvalue weighted by Gasteiger charge is -2.23. The molecule has 3 aromatic heterocycles. The lowest BCUT2D eigenvalue weighted by Crippen LogP contribution is -2.23. The summed E-state index contributed by atoms with van der Waals surface area (Å²) in [5, 5.41) is 3.61. The van der Waals surface area contributed by atoms with E-state index in [4.69, 9.17) is 9.97 Å². The largest absolute Gasteiger partial charge is 0.367 e. The van der Waals surface area contributed by atoms with Crippen LogP contribution in [0.4, 0.5) is 5.82 Å². The van der Waals surface area contributed by atoms with Gasteiger partial charge in [-0.2, -0.15) is 0 Å². The number of hydrogen-bond acceptors (Lipinski definition) is 5. The molecule has 0 radical (unpaired) electrons. The maximum Gasteiger partial charge on any atom is 0.163 e. The summed E-state index contributed by atoms with van der Waals surface area (Å²) in [4.78, 5) is 17.8. The van der Waals surface area contributed by atoms with E-state index >= 15 is 0 Å². The SMILES string of the molecule is c1cncc(-c2nc(NC3CCCCC3)cc(-c3ccncc3)n2)c1. The fourth-order valence-corrected chi connectivity index (χ4v) is 3.27. The molecule has 5 heteroatoms. The Bertz CT molecular complexity index is 756. The van der Waals surface area contributed by atoms with E-state index in [0.717, 1.165) is 22.6 Å². The van der Waals surface area contributed by atoms with Gasteiger partial charge in [-0.3, -0.25) is 9.97 Å². The van der Waals surface area contributed by atoms with E-state index in [-0.39, 0.29) is 0 Å². The molecule has 0 aliphatic heterocycles. The minimum atomic E-state index is 0.496. The molecule has 3 aromatic rings. The van der Waals surface area contributed by atoms with Gasteiger partial charge in [-0.1, -0.05) is 19.3 Å². The number of nitrogens with one attached hydrogen (secondary N) is 1. The maximum absolute atomic E-state index is 4.75. The molecular formula is C20H21N5. The van der Waals surface area contributed by atoms with Crippen LogP contribution < -0.4 is 5.32 Å². The van der Waals surface area contributed by atoms with Crippen LogP contribution in [-0.4, -0.2) is 26.0 Å². The average molecular weight is 331 g/mol. The van der Waals surface area contributed by atoms with E-state index < -0.39 is 0 Å². The van der Waals surface area contributed by atoms with E-state index in [1.54, 1.807) is 24.8 Å². The summed E-state index contributed by atoms with van der Waals surface area (Å²) < 4.78 is 0. The van der Waals surface area contributed by atoms with Crippen molar-refractivity contribution in [2.24, 2.45) is 0 Å². The monoisotopic (exact) mass is 331 g/mol. The summed E-state index contributed by atoms with van der Waals surface area (Å²) >= 11 is 0. The lowest BCUT2D eigenvalue weighted by molar-refractivity contribution is 0.462. The Morgan fingerprint density at radius 1 is 0.840 bits per heavy atom. The zero-order valence-corrected chi connectivity index (χ0v) is 14.1. The molecule has 0 spiro atoms. The third-order valence-electron chi connectivity index (χ3n) is 4.58. The molecule has 0 amide bonds. The molecule has 4 rings (SSSR count). The molecule has 1 fully saturated rings. The van der Waals surface area contributed by atoms with Crippen LogP contribution in [-0.2, 0) is 0 Å². The second-order valence-electron chi connectivity index (χ2n) is 6.42. The van der Waals surface area contributed by atoms with Crippen molar-refractivity contribution in [2.45, 2.75) is 38.1 Å². The first kappa shape index (κ1) is 15.7. The van der Waals surface area contributed by atoms with Gasteiger partial charge in [0.05, 0.1) is 5.69 Å². The Balaban J connectivity index is 1.72. The Kier molecular flexibility index (Phi) is 4.63. The van der Waals surface area contributed by atoms with E-state index in [1.165, 1.54) is 32.1 Å². The van der Waals surface area contributed by atoms with Crippen LogP contribution in [0.15, 0.2) is 55.1 Å². The van der Waals surface area contributed by atoms with Gasteiger partial charge < -0.3 is 5.32 Å². The topological polar surface area (TPSA) is 63.6 Å².